The Labute approximate surface area is 156 Å². The molecule has 3 rings (SSSR count). The summed E-state index contributed by atoms with van der Waals surface area (Å²) in [4.78, 5) is 14.0. The topological polar surface area (TPSA) is 50.8 Å². The van der Waals surface area contributed by atoms with E-state index in [4.69, 9.17) is 32.7 Å². The van der Waals surface area contributed by atoms with Gasteiger partial charge in [0.15, 0.2) is 11.5 Å². The van der Waals surface area contributed by atoms with Crippen LogP contribution in [0.25, 0.3) is 0 Å². The van der Waals surface area contributed by atoms with Gasteiger partial charge in [0.2, 0.25) is 12.7 Å². The van der Waals surface area contributed by atoms with Gasteiger partial charge in [-0.05, 0) is 42.4 Å². The number of benzene rings is 2. The van der Waals surface area contributed by atoms with Crippen LogP contribution in [0.3, 0.4) is 0 Å². The van der Waals surface area contributed by atoms with E-state index in [1.165, 1.54) is 0 Å². The van der Waals surface area contributed by atoms with Crippen LogP contribution in [0.1, 0.15) is 11.1 Å². The minimum atomic E-state index is -0.0748. The molecule has 0 unspecified atom stereocenters. The Morgan fingerprint density at radius 1 is 1.16 bits per heavy atom. The van der Waals surface area contributed by atoms with Crippen molar-refractivity contribution in [3.8, 4) is 11.5 Å². The van der Waals surface area contributed by atoms with Gasteiger partial charge in [0.1, 0.15) is 0 Å². The van der Waals surface area contributed by atoms with Crippen LogP contribution >= 0.6 is 23.2 Å². The lowest BCUT2D eigenvalue weighted by Gasteiger charge is -2.17. The summed E-state index contributed by atoms with van der Waals surface area (Å²) in [5.74, 6) is 1.42. The second kappa shape index (κ2) is 7.95. The predicted molar refractivity (Wildman–Crippen MR) is 97.2 cm³/mol. The van der Waals surface area contributed by atoms with Crippen molar-refractivity contribution in [1.29, 1.82) is 0 Å². The summed E-state index contributed by atoms with van der Waals surface area (Å²) >= 11 is 12.0. The molecule has 0 fully saturated rings. The summed E-state index contributed by atoms with van der Waals surface area (Å²) in [5.41, 5.74) is 1.89. The molecule has 0 aliphatic carbocycles. The van der Waals surface area contributed by atoms with Crippen molar-refractivity contribution >= 4 is 29.1 Å². The average Bonchev–Trinajstić information content (AvgIpc) is 3.01. The van der Waals surface area contributed by atoms with Crippen molar-refractivity contribution in [3.63, 3.8) is 0 Å². The minimum absolute atomic E-state index is 0.0748. The number of hydrogen-bond acceptors (Lipinski definition) is 4. The van der Waals surface area contributed by atoms with E-state index in [0.29, 0.717) is 23.1 Å². The summed E-state index contributed by atoms with van der Waals surface area (Å²) in [7, 11) is 1.89. The molecule has 0 aromatic heterocycles. The molecule has 1 heterocycles. The second-order valence-corrected chi connectivity index (χ2v) is 6.72. The van der Waals surface area contributed by atoms with E-state index in [1.807, 2.05) is 30.1 Å². The Bertz CT molecular complexity index is 783. The number of nitrogens with zero attached hydrogens (tertiary/aromatic N) is 1. The maximum Gasteiger partial charge on any atom is 0.234 e. The van der Waals surface area contributed by atoms with Crippen LogP contribution in [0.15, 0.2) is 36.4 Å². The lowest BCUT2D eigenvalue weighted by atomic mass is 10.2. The van der Waals surface area contributed by atoms with Gasteiger partial charge in [-0.3, -0.25) is 9.69 Å². The van der Waals surface area contributed by atoms with Gasteiger partial charge in [0, 0.05) is 23.1 Å². The molecule has 1 amide bonds. The van der Waals surface area contributed by atoms with Gasteiger partial charge in [0.05, 0.1) is 6.54 Å². The molecular weight excluding hydrogens is 363 g/mol. The zero-order valence-electron chi connectivity index (χ0n) is 13.7. The number of ether oxygens (including phenoxy) is 2. The van der Waals surface area contributed by atoms with Crippen molar-refractivity contribution < 1.29 is 14.3 Å². The molecule has 0 atom stereocenters. The third kappa shape index (κ3) is 4.78. The van der Waals surface area contributed by atoms with Crippen molar-refractivity contribution in [2.45, 2.75) is 13.1 Å². The zero-order valence-corrected chi connectivity index (χ0v) is 15.2. The maximum atomic E-state index is 12.1. The molecule has 132 valence electrons. The normalized spacial score (nSPS) is 12.5. The number of hydrogen-bond donors (Lipinski definition) is 1. The first kappa shape index (κ1) is 17.9. The van der Waals surface area contributed by atoms with E-state index in [0.717, 1.165) is 22.6 Å². The van der Waals surface area contributed by atoms with Gasteiger partial charge in [0.25, 0.3) is 0 Å². The molecule has 7 heteroatoms. The van der Waals surface area contributed by atoms with Crippen molar-refractivity contribution in [2.75, 3.05) is 20.4 Å². The first-order chi connectivity index (χ1) is 12.0. The number of fused-ring (bicyclic) bond motifs is 1. The largest absolute Gasteiger partial charge is 0.454 e. The highest BCUT2D eigenvalue weighted by molar-refractivity contribution is 6.35. The highest BCUT2D eigenvalue weighted by Crippen LogP contribution is 2.32. The van der Waals surface area contributed by atoms with Crippen LogP contribution in [0.2, 0.25) is 10.0 Å². The number of rotatable bonds is 6. The molecule has 0 saturated heterocycles. The van der Waals surface area contributed by atoms with E-state index >= 15 is 0 Å². The first-order valence-electron chi connectivity index (χ1n) is 7.79. The molecule has 2 aromatic rings. The standard InChI is InChI=1S/C18H18Cl2N2O3/c1-22(9-12-2-5-16-17(6-12)25-11-24-16)10-18(23)21-8-13-3-4-14(19)7-15(13)20/h2-7H,8-11H2,1H3,(H,21,23). The molecule has 1 N–H and O–H groups in total. The first-order valence-corrected chi connectivity index (χ1v) is 8.54. The van der Waals surface area contributed by atoms with E-state index < -0.39 is 0 Å². The van der Waals surface area contributed by atoms with Crippen LogP contribution in [0.5, 0.6) is 11.5 Å². The highest BCUT2D eigenvalue weighted by atomic mass is 35.5. The fourth-order valence-corrected chi connectivity index (χ4v) is 3.04. The molecule has 5 nitrogen and oxygen atoms in total. The predicted octanol–water partition coefficient (Wildman–Crippen LogP) is 3.47. The maximum absolute atomic E-state index is 12.1. The lowest BCUT2D eigenvalue weighted by Crippen LogP contribution is -2.34. The fraction of sp³-hybridized carbons (Fsp3) is 0.278. The van der Waals surface area contributed by atoms with Crippen LogP contribution in [0.4, 0.5) is 0 Å². The molecule has 25 heavy (non-hydrogen) atoms. The zero-order chi connectivity index (χ0) is 17.8. The quantitative estimate of drug-likeness (QED) is 0.833. The van der Waals surface area contributed by atoms with Crippen LogP contribution in [0, 0.1) is 0 Å². The van der Waals surface area contributed by atoms with Crippen LogP contribution < -0.4 is 14.8 Å². The third-order valence-corrected chi connectivity index (χ3v) is 4.38. The SMILES string of the molecule is CN(CC(=O)NCc1ccc(Cl)cc1Cl)Cc1ccc2c(c1)OCO2. The van der Waals surface area contributed by atoms with Gasteiger partial charge in [-0.25, -0.2) is 0 Å². The summed E-state index contributed by atoms with van der Waals surface area (Å²) < 4.78 is 10.7. The molecule has 0 bridgehead atoms. The molecule has 0 radical (unpaired) electrons. The van der Waals surface area contributed by atoms with E-state index in [-0.39, 0.29) is 19.2 Å². The Kier molecular flexibility index (Phi) is 5.68. The number of carbonyl (C=O) groups excluding carboxylic acids is 1. The molecule has 1 aliphatic rings. The Morgan fingerprint density at radius 2 is 1.96 bits per heavy atom. The average molecular weight is 381 g/mol. The van der Waals surface area contributed by atoms with Gasteiger partial charge in [-0.15, -0.1) is 0 Å². The molecular formula is C18H18Cl2N2O3. The van der Waals surface area contributed by atoms with E-state index in [9.17, 15) is 4.79 Å². The summed E-state index contributed by atoms with van der Waals surface area (Å²) in [5, 5.41) is 3.98. The fourth-order valence-electron chi connectivity index (χ4n) is 2.57. The van der Waals surface area contributed by atoms with E-state index in [1.54, 1.807) is 18.2 Å². The van der Waals surface area contributed by atoms with Gasteiger partial charge in [-0.2, -0.15) is 0 Å². The second-order valence-electron chi connectivity index (χ2n) is 5.87. The Balaban J connectivity index is 1.49. The van der Waals surface area contributed by atoms with Crippen LogP contribution in [-0.4, -0.2) is 31.2 Å². The Morgan fingerprint density at radius 3 is 2.76 bits per heavy atom. The van der Waals surface area contributed by atoms with Crippen LogP contribution in [-0.2, 0) is 17.9 Å². The van der Waals surface area contributed by atoms with Crippen molar-refractivity contribution in [2.24, 2.45) is 0 Å². The van der Waals surface area contributed by atoms with Gasteiger partial charge >= 0.3 is 0 Å². The number of likely N-dealkylation sites (N-methyl/N-ethyl adjacent to an activating group) is 1. The molecule has 0 spiro atoms. The third-order valence-electron chi connectivity index (χ3n) is 3.79. The molecule has 0 saturated carbocycles. The number of amides is 1. The molecule has 1 aliphatic heterocycles. The van der Waals surface area contributed by atoms with Gasteiger partial charge < -0.3 is 14.8 Å². The Hall–Kier alpha value is -1.95. The number of nitrogens with one attached hydrogen (secondary N) is 1. The van der Waals surface area contributed by atoms with E-state index in [2.05, 4.69) is 5.32 Å². The minimum Gasteiger partial charge on any atom is -0.454 e. The number of halogens is 2. The summed E-state index contributed by atoms with van der Waals surface area (Å²) in [6.07, 6.45) is 0. The molecule has 2 aromatic carbocycles. The van der Waals surface area contributed by atoms with Crippen molar-refractivity contribution in [1.82, 2.24) is 10.2 Å². The van der Waals surface area contributed by atoms with Gasteiger partial charge in [-0.1, -0.05) is 35.3 Å². The number of carbonyl (C=O) groups is 1. The lowest BCUT2D eigenvalue weighted by molar-refractivity contribution is -0.122. The smallest absolute Gasteiger partial charge is 0.234 e. The summed E-state index contributed by atoms with van der Waals surface area (Å²) in [6, 6.07) is 11.0. The monoisotopic (exact) mass is 380 g/mol. The van der Waals surface area contributed by atoms with Crippen molar-refractivity contribution in [3.05, 3.63) is 57.6 Å². The highest BCUT2D eigenvalue weighted by Gasteiger charge is 2.14. The summed E-state index contributed by atoms with van der Waals surface area (Å²) in [6.45, 7) is 1.53.